The SMILES string of the molecule is COc1ccc(-c2cn(-c3ccc(C)cc3)c(S(=O)(=O)CC(=O)Nc3ccccc3C(F)(F)F)n2)cc1. The lowest BCUT2D eigenvalue weighted by Gasteiger charge is -2.14. The van der Waals surface area contributed by atoms with Crippen LogP contribution in [0.5, 0.6) is 5.75 Å². The predicted molar refractivity (Wildman–Crippen MR) is 132 cm³/mol. The Morgan fingerprint density at radius 2 is 1.65 bits per heavy atom. The number of aromatic nitrogens is 2. The van der Waals surface area contributed by atoms with Crippen LogP contribution in [-0.2, 0) is 20.8 Å². The minimum absolute atomic E-state index is 0.324. The summed E-state index contributed by atoms with van der Waals surface area (Å²) < 4.78 is 73.0. The maximum atomic E-state index is 13.3. The molecular formula is C26H22F3N3O4S. The summed E-state index contributed by atoms with van der Waals surface area (Å²) in [6, 6.07) is 18.1. The number of sulfone groups is 1. The lowest BCUT2D eigenvalue weighted by molar-refractivity contribution is -0.137. The number of benzene rings is 3. The second-order valence-electron chi connectivity index (χ2n) is 8.19. The topological polar surface area (TPSA) is 90.3 Å². The van der Waals surface area contributed by atoms with Gasteiger partial charge in [-0.2, -0.15) is 13.2 Å². The molecule has 0 radical (unpaired) electrons. The van der Waals surface area contributed by atoms with Gasteiger partial charge in [-0.15, -0.1) is 0 Å². The molecule has 0 saturated heterocycles. The first-order valence-electron chi connectivity index (χ1n) is 11.0. The van der Waals surface area contributed by atoms with Gasteiger partial charge in [-0.1, -0.05) is 29.8 Å². The molecule has 4 rings (SSSR count). The fourth-order valence-corrected chi connectivity index (χ4v) is 4.88. The number of carbonyl (C=O) groups is 1. The molecule has 1 heterocycles. The third-order valence-electron chi connectivity index (χ3n) is 5.48. The Morgan fingerprint density at radius 1 is 1.00 bits per heavy atom. The summed E-state index contributed by atoms with van der Waals surface area (Å²) in [5, 5.41) is 1.66. The lowest BCUT2D eigenvalue weighted by Crippen LogP contribution is -2.26. The fraction of sp³-hybridized carbons (Fsp3) is 0.154. The van der Waals surface area contributed by atoms with Gasteiger partial charge in [-0.25, -0.2) is 13.4 Å². The van der Waals surface area contributed by atoms with Crippen LogP contribution >= 0.6 is 0 Å². The van der Waals surface area contributed by atoms with E-state index in [1.807, 2.05) is 6.92 Å². The minimum atomic E-state index is -4.72. The van der Waals surface area contributed by atoms with Gasteiger partial charge in [0.25, 0.3) is 0 Å². The minimum Gasteiger partial charge on any atom is -0.497 e. The highest BCUT2D eigenvalue weighted by Crippen LogP contribution is 2.34. The summed E-state index contributed by atoms with van der Waals surface area (Å²) in [5.41, 5.74) is 0.751. The number of methoxy groups -OCH3 is 1. The molecule has 1 aromatic heterocycles. The Labute approximate surface area is 211 Å². The molecule has 4 aromatic rings. The van der Waals surface area contributed by atoms with Gasteiger partial charge in [-0.05, 0) is 55.5 Å². The molecule has 3 aromatic carbocycles. The van der Waals surface area contributed by atoms with Crippen LogP contribution in [0.1, 0.15) is 11.1 Å². The zero-order valence-corrected chi connectivity index (χ0v) is 20.6. The Hall–Kier alpha value is -4.12. The number of amides is 1. The number of rotatable bonds is 7. The molecule has 1 amide bonds. The molecule has 0 unspecified atom stereocenters. The van der Waals surface area contributed by atoms with Crippen LogP contribution in [0.25, 0.3) is 16.9 Å². The van der Waals surface area contributed by atoms with Crippen LogP contribution in [0.2, 0.25) is 0 Å². The van der Waals surface area contributed by atoms with Gasteiger partial charge in [0.2, 0.25) is 20.9 Å². The van der Waals surface area contributed by atoms with Crippen LogP contribution in [0.15, 0.2) is 84.1 Å². The molecule has 0 atom stereocenters. The van der Waals surface area contributed by atoms with Gasteiger partial charge < -0.3 is 10.1 Å². The number of nitrogens with one attached hydrogen (secondary N) is 1. The number of hydrogen-bond acceptors (Lipinski definition) is 5. The molecule has 0 bridgehead atoms. The number of anilines is 1. The first kappa shape index (κ1) is 26.0. The van der Waals surface area contributed by atoms with Crippen LogP contribution in [0.3, 0.4) is 0 Å². The number of imidazole rings is 1. The second-order valence-corrected chi connectivity index (χ2v) is 10.1. The molecule has 192 valence electrons. The summed E-state index contributed by atoms with van der Waals surface area (Å²) in [6.07, 6.45) is -3.20. The number of alkyl halides is 3. The zero-order valence-electron chi connectivity index (χ0n) is 19.8. The van der Waals surface area contributed by atoms with Gasteiger partial charge in [0.05, 0.1) is 24.1 Å². The standard InChI is InChI=1S/C26H22F3N3O4S/c1-17-7-11-19(12-8-17)32-15-23(18-9-13-20(36-2)14-10-18)31-25(32)37(34,35)16-24(33)30-22-6-4-3-5-21(22)26(27,28)29/h3-15H,16H2,1-2H3,(H,30,33). The van der Waals surface area contributed by atoms with Gasteiger partial charge in [0, 0.05) is 17.4 Å². The van der Waals surface area contributed by atoms with Crippen molar-refractivity contribution >= 4 is 21.4 Å². The maximum Gasteiger partial charge on any atom is 0.418 e. The lowest BCUT2D eigenvalue weighted by atomic mass is 10.1. The second kappa shape index (κ2) is 10.1. The van der Waals surface area contributed by atoms with E-state index in [0.29, 0.717) is 22.7 Å². The summed E-state index contributed by atoms with van der Waals surface area (Å²) in [4.78, 5) is 16.9. The van der Waals surface area contributed by atoms with Crippen LogP contribution in [-0.4, -0.2) is 36.7 Å². The number of carbonyl (C=O) groups excluding carboxylic acids is 1. The van der Waals surface area contributed by atoms with E-state index in [1.165, 1.54) is 30.0 Å². The van der Waals surface area contributed by atoms with Crippen molar-refractivity contribution in [3.05, 3.63) is 90.1 Å². The maximum absolute atomic E-state index is 13.3. The Balaban J connectivity index is 1.70. The molecule has 11 heteroatoms. The Bertz CT molecular complexity index is 1530. The third kappa shape index (κ3) is 5.83. The van der Waals surface area contributed by atoms with Gasteiger partial charge in [0.15, 0.2) is 0 Å². The highest BCUT2D eigenvalue weighted by atomic mass is 32.2. The van der Waals surface area contributed by atoms with E-state index in [2.05, 4.69) is 10.3 Å². The number of hydrogen-bond donors (Lipinski definition) is 1. The van der Waals surface area contributed by atoms with E-state index in [0.717, 1.165) is 17.7 Å². The molecule has 0 aliphatic carbocycles. The number of para-hydroxylation sites is 1. The molecule has 37 heavy (non-hydrogen) atoms. The average Bonchev–Trinajstić information content (AvgIpc) is 3.30. The van der Waals surface area contributed by atoms with E-state index < -0.39 is 44.1 Å². The van der Waals surface area contributed by atoms with Crippen LogP contribution in [0, 0.1) is 6.92 Å². The van der Waals surface area contributed by atoms with Gasteiger partial charge in [0.1, 0.15) is 11.5 Å². The van der Waals surface area contributed by atoms with Crippen molar-refractivity contribution in [3.63, 3.8) is 0 Å². The van der Waals surface area contributed by atoms with E-state index >= 15 is 0 Å². The normalized spacial score (nSPS) is 11.8. The van der Waals surface area contributed by atoms with Gasteiger partial charge >= 0.3 is 6.18 Å². The van der Waals surface area contributed by atoms with Crippen molar-refractivity contribution in [1.29, 1.82) is 0 Å². The van der Waals surface area contributed by atoms with E-state index in [-0.39, 0.29) is 0 Å². The van der Waals surface area contributed by atoms with Crippen LogP contribution < -0.4 is 10.1 Å². The van der Waals surface area contributed by atoms with Crippen molar-refractivity contribution < 1.29 is 31.1 Å². The third-order valence-corrected chi connectivity index (χ3v) is 6.96. The molecule has 0 aliphatic heterocycles. The summed E-state index contributed by atoms with van der Waals surface area (Å²) in [5.74, 6) is -1.63. The molecule has 0 spiro atoms. The Kier molecular flexibility index (Phi) is 7.08. The smallest absolute Gasteiger partial charge is 0.418 e. The highest BCUT2D eigenvalue weighted by Gasteiger charge is 2.34. The largest absolute Gasteiger partial charge is 0.497 e. The van der Waals surface area contributed by atoms with E-state index in [4.69, 9.17) is 4.74 Å². The predicted octanol–water partition coefficient (Wildman–Crippen LogP) is 5.29. The number of nitrogens with zero attached hydrogens (tertiary/aromatic N) is 2. The summed E-state index contributed by atoms with van der Waals surface area (Å²) in [7, 11) is -2.87. The molecule has 0 saturated carbocycles. The van der Waals surface area contributed by atoms with Crippen molar-refractivity contribution in [2.75, 3.05) is 18.2 Å². The van der Waals surface area contributed by atoms with Crippen molar-refractivity contribution in [1.82, 2.24) is 9.55 Å². The highest BCUT2D eigenvalue weighted by molar-refractivity contribution is 7.92. The molecule has 0 aliphatic rings. The Morgan fingerprint density at radius 3 is 2.27 bits per heavy atom. The van der Waals surface area contributed by atoms with Crippen molar-refractivity contribution in [2.45, 2.75) is 18.3 Å². The van der Waals surface area contributed by atoms with E-state index in [9.17, 15) is 26.4 Å². The molecule has 0 fully saturated rings. The molecular weight excluding hydrogens is 507 g/mol. The number of ether oxygens (including phenoxy) is 1. The van der Waals surface area contributed by atoms with Crippen molar-refractivity contribution in [3.8, 4) is 22.7 Å². The number of aryl methyl sites for hydroxylation is 1. The fourth-order valence-electron chi connectivity index (χ4n) is 3.64. The quantitative estimate of drug-likeness (QED) is 0.352. The summed E-state index contributed by atoms with van der Waals surface area (Å²) in [6.45, 7) is 1.88. The van der Waals surface area contributed by atoms with Gasteiger partial charge in [-0.3, -0.25) is 9.36 Å². The zero-order chi connectivity index (χ0) is 26.8. The number of halogens is 3. The molecule has 7 nitrogen and oxygen atoms in total. The average molecular weight is 530 g/mol. The van der Waals surface area contributed by atoms with Crippen LogP contribution in [0.4, 0.5) is 18.9 Å². The van der Waals surface area contributed by atoms with Crippen molar-refractivity contribution in [2.24, 2.45) is 0 Å². The summed E-state index contributed by atoms with van der Waals surface area (Å²) >= 11 is 0. The molecule has 1 N–H and O–H groups in total. The monoisotopic (exact) mass is 529 g/mol. The van der Waals surface area contributed by atoms with E-state index in [1.54, 1.807) is 48.5 Å². The first-order valence-corrected chi connectivity index (χ1v) is 12.6. The first-order chi connectivity index (χ1) is 17.5.